The Hall–Kier alpha value is -1.79. The van der Waals surface area contributed by atoms with Gasteiger partial charge in [0.1, 0.15) is 10.7 Å². The molecule has 0 aliphatic heterocycles. The molecule has 0 fully saturated rings. The zero-order valence-corrected chi connectivity index (χ0v) is 12.9. The molecule has 2 heterocycles. The van der Waals surface area contributed by atoms with Crippen LogP contribution in [0.2, 0.25) is 0 Å². The number of rotatable bonds is 4. The molecule has 0 unspecified atom stereocenters. The lowest BCUT2D eigenvalue weighted by Crippen LogP contribution is -2.23. The van der Waals surface area contributed by atoms with E-state index < -0.39 is 0 Å². The SMILES string of the molecule is Cc1cc(CNC(=O)c2ccc(C(N)=S)cn2)sc1C. The molecule has 0 saturated carbocycles. The molecule has 6 heteroatoms. The molecule has 0 bridgehead atoms. The molecule has 104 valence electrons. The Labute approximate surface area is 127 Å². The minimum absolute atomic E-state index is 0.205. The first-order valence-electron chi connectivity index (χ1n) is 6.07. The maximum atomic E-state index is 12.0. The number of thiophene rings is 1. The van der Waals surface area contributed by atoms with Gasteiger partial charge >= 0.3 is 0 Å². The second kappa shape index (κ2) is 6.11. The molecule has 0 aromatic carbocycles. The van der Waals surface area contributed by atoms with E-state index >= 15 is 0 Å². The minimum Gasteiger partial charge on any atom is -0.389 e. The van der Waals surface area contributed by atoms with Gasteiger partial charge in [0.2, 0.25) is 0 Å². The molecule has 0 atom stereocenters. The van der Waals surface area contributed by atoms with Crippen molar-refractivity contribution in [2.24, 2.45) is 5.73 Å². The van der Waals surface area contributed by atoms with Crippen LogP contribution in [0.3, 0.4) is 0 Å². The van der Waals surface area contributed by atoms with E-state index in [1.165, 1.54) is 16.6 Å². The standard InChI is InChI=1S/C14H15N3OS2/c1-8-5-11(20-9(8)2)7-17-14(18)12-4-3-10(6-16-12)13(15)19/h3-6H,7H2,1-2H3,(H2,15,19)(H,17,18). The Bertz CT molecular complexity index is 627. The molecule has 2 rings (SSSR count). The number of nitrogens with one attached hydrogen (secondary N) is 1. The average molecular weight is 305 g/mol. The number of hydrogen-bond acceptors (Lipinski definition) is 4. The Kier molecular flexibility index (Phi) is 4.46. The van der Waals surface area contributed by atoms with E-state index in [0.29, 0.717) is 17.8 Å². The van der Waals surface area contributed by atoms with Crippen LogP contribution in [0, 0.1) is 13.8 Å². The van der Waals surface area contributed by atoms with Gasteiger partial charge in [0.05, 0.1) is 6.54 Å². The normalized spacial score (nSPS) is 10.3. The molecule has 1 amide bonds. The molecule has 0 aliphatic rings. The zero-order valence-electron chi connectivity index (χ0n) is 11.3. The number of nitrogens with two attached hydrogens (primary N) is 1. The van der Waals surface area contributed by atoms with Crippen molar-refractivity contribution in [2.75, 3.05) is 0 Å². The van der Waals surface area contributed by atoms with Crippen LogP contribution in [0.25, 0.3) is 0 Å². The van der Waals surface area contributed by atoms with Gasteiger partial charge < -0.3 is 11.1 Å². The predicted molar refractivity (Wildman–Crippen MR) is 85.1 cm³/mol. The van der Waals surface area contributed by atoms with Gasteiger partial charge in [0, 0.05) is 21.5 Å². The van der Waals surface area contributed by atoms with Crippen LogP contribution in [0.5, 0.6) is 0 Å². The molecule has 0 radical (unpaired) electrons. The molecular weight excluding hydrogens is 290 g/mol. The summed E-state index contributed by atoms with van der Waals surface area (Å²) in [5.74, 6) is -0.205. The Balaban J connectivity index is 1.99. The van der Waals surface area contributed by atoms with Crippen LogP contribution >= 0.6 is 23.6 Å². The Morgan fingerprint density at radius 2 is 2.20 bits per heavy atom. The fourth-order valence-corrected chi connectivity index (χ4v) is 2.78. The van der Waals surface area contributed by atoms with Crippen molar-refractivity contribution in [1.82, 2.24) is 10.3 Å². The number of amides is 1. The summed E-state index contributed by atoms with van der Waals surface area (Å²) in [6, 6.07) is 5.40. The molecule has 0 saturated heterocycles. The quantitative estimate of drug-likeness (QED) is 0.851. The highest BCUT2D eigenvalue weighted by atomic mass is 32.1. The van der Waals surface area contributed by atoms with Crippen molar-refractivity contribution in [1.29, 1.82) is 0 Å². The van der Waals surface area contributed by atoms with Crippen LogP contribution in [-0.2, 0) is 6.54 Å². The first kappa shape index (κ1) is 14.6. The van der Waals surface area contributed by atoms with Gasteiger partial charge in [-0.2, -0.15) is 0 Å². The summed E-state index contributed by atoms with van der Waals surface area (Å²) in [6.45, 7) is 4.64. The summed E-state index contributed by atoms with van der Waals surface area (Å²) in [5.41, 5.74) is 7.74. The van der Waals surface area contributed by atoms with Crippen molar-refractivity contribution in [3.63, 3.8) is 0 Å². The van der Waals surface area contributed by atoms with Crippen molar-refractivity contribution >= 4 is 34.5 Å². The number of aryl methyl sites for hydroxylation is 2. The highest BCUT2D eigenvalue weighted by Gasteiger charge is 2.09. The number of aromatic nitrogens is 1. The smallest absolute Gasteiger partial charge is 0.270 e. The predicted octanol–water partition coefficient (Wildman–Crippen LogP) is 2.32. The number of carbonyl (C=O) groups excluding carboxylic acids is 1. The fraction of sp³-hybridized carbons (Fsp3) is 0.214. The van der Waals surface area contributed by atoms with Gasteiger partial charge in [-0.1, -0.05) is 12.2 Å². The number of thiocarbonyl (C=S) groups is 1. The highest BCUT2D eigenvalue weighted by molar-refractivity contribution is 7.80. The summed E-state index contributed by atoms with van der Waals surface area (Å²) >= 11 is 6.53. The zero-order chi connectivity index (χ0) is 14.7. The van der Waals surface area contributed by atoms with Crippen LogP contribution < -0.4 is 11.1 Å². The number of carbonyl (C=O) groups is 1. The van der Waals surface area contributed by atoms with Crippen LogP contribution in [0.4, 0.5) is 0 Å². The van der Waals surface area contributed by atoms with Crippen molar-refractivity contribution < 1.29 is 4.79 Å². The monoisotopic (exact) mass is 305 g/mol. The fourth-order valence-electron chi connectivity index (χ4n) is 1.67. The molecule has 0 spiro atoms. The van der Waals surface area contributed by atoms with E-state index in [0.717, 1.165) is 4.88 Å². The van der Waals surface area contributed by atoms with Crippen molar-refractivity contribution in [2.45, 2.75) is 20.4 Å². The second-order valence-electron chi connectivity index (χ2n) is 4.43. The molecular formula is C14H15N3OS2. The largest absolute Gasteiger partial charge is 0.389 e. The minimum atomic E-state index is -0.205. The van der Waals surface area contributed by atoms with Crippen LogP contribution in [0.1, 0.15) is 31.4 Å². The van der Waals surface area contributed by atoms with Crippen LogP contribution in [0.15, 0.2) is 24.4 Å². The second-order valence-corrected chi connectivity index (χ2v) is 6.21. The average Bonchev–Trinajstić information content (AvgIpc) is 2.75. The van der Waals surface area contributed by atoms with Gasteiger partial charge in [-0.05, 0) is 37.6 Å². The summed E-state index contributed by atoms with van der Waals surface area (Å²) in [5, 5.41) is 2.85. The Morgan fingerprint density at radius 1 is 1.45 bits per heavy atom. The maximum Gasteiger partial charge on any atom is 0.270 e. The van der Waals surface area contributed by atoms with Crippen molar-refractivity contribution in [3.05, 3.63) is 51.0 Å². The van der Waals surface area contributed by atoms with Gasteiger partial charge in [0.15, 0.2) is 0 Å². The van der Waals surface area contributed by atoms with E-state index in [2.05, 4.69) is 30.2 Å². The van der Waals surface area contributed by atoms with E-state index in [-0.39, 0.29) is 10.9 Å². The lowest BCUT2D eigenvalue weighted by Gasteiger charge is -2.04. The molecule has 2 aromatic rings. The molecule has 3 N–H and O–H groups in total. The number of pyridine rings is 1. The molecule has 0 aliphatic carbocycles. The summed E-state index contributed by atoms with van der Waals surface area (Å²) in [7, 11) is 0. The van der Waals surface area contributed by atoms with E-state index in [9.17, 15) is 4.79 Å². The lowest BCUT2D eigenvalue weighted by molar-refractivity contribution is 0.0946. The van der Waals surface area contributed by atoms with E-state index in [1.54, 1.807) is 23.5 Å². The third-order valence-corrected chi connectivity index (χ3v) is 4.31. The maximum absolute atomic E-state index is 12.0. The third kappa shape index (κ3) is 3.40. The van der Waals surface area contributed by atoms with Crippen molar-refractivity contribution in [3.8, 4) is 0 Å². The lowest BCUT2D eigenvalue weighted by atomic mass is 10.2. The summed E-state index contributed by atoms with van der Waals surface area (Å²) in [6.07, 6.45) is 1.51. The first-order chi connectivity index (χ1) is 9.47. The van der Waals surface area contributed by atoms with Gasteiger partial charge in [-0.25, -0.2) is 0 Å². The number of nitrogens with zero attached hydrogens (tertiary/aromatic N) is 1. The Morgan fingerprint density at radius 3 is 2.70 bits per heavy atom. The summed E-state index contributed by atoms with van der Waals surface area (Å²) in [4.78, 5) is 18.7. The van der Waals surface area contributed by atoms with E-state index in [4.69, 9.17) is 18.0 Å². The summed E-state index contributed by atoms with van der Waals surface area (Å²) < 4.78 is 0. The topological polar surface area (TPSA) is 68.0 Å². The highest BCUT2D eigenvalue weighted by Crippen LogP contribution is 2.20. The van der Waals surface area contributed by atoms with Gasteiger partial charge in [-0.3, -0.25) is 9.78 Å². The van der Waals surface area contributed by atoms with Gasteiger partial charge in [0.25, 0.3) is 5.91 Å². The van der Waals surface area contributed by atoms with Gasteiger partial charge in [-0.15, -0.1) is 11.3 Å². The van der Waals surface area contributed by atoms with Crippen LogP contribution in [-0.4, -0.2) is 15.9 Å². The first-order valence-corrected chi connectivity index (χ1v) is 7.30. The molecule has 20 heavy (non-hydrogen) atoms. The van der Waals surface area contributed by atoms with E-state index in [1.807, 2.05) is 0 Å². The third-order valence-electron chi connectivity index (χ3n) is 2.92. The molecule has 2 aromatic heterocycles. The molecule has 4 nitrogen and oxygen atoms in total. The number of hydrogen-bond donors (Lipinski definition) is 2.